The molecule has 0 aliphatic carbocycles. The number of unbranched alkanes of at least 4 members (excludes halogenated alkanes) is 13. The number of aryl methyl sites for hydroxylation is 1. The van der Waals surface area contributed by atoms with Crippen LogP contribution in [0.2, 0.25) is 0 Å². The summed E-state index contributed by atoms with van der Waals surface area (Å²) in [5.41, 5.74) is 0. The molecule has 1 rings (SSSR count). The van der Waals surface area contributed by atoms with Crippen molar-refractivity contribution >= 4 is 28.9 Å². The molecule has 1 atom stereocenters. The number of aromatic nitrogens is 2. The van der Waals surface area contributed by atoms with Crippen molar-refractivity contribution in [1.82, 2.24) is 14.5 Å². The maximum absolute atomic E-state index is 13.2. The number of allylic oxidation sites excluding steroid dienone is 1. The van der Waals surface area contributed by atoms with E-state index < -0.39 is 0 Å². The first-order valence-corrected chi connectivity index (χ1v) is 20.9. The summed E-state index contributed by atoms with van der Waals surface area (Å²) in [6.45, 7) is 8.70. The maximum atomic E-state index is 13.2. The molecule has 0 aliphatic rings. The van der Waals surface area contributed by atoms with E-state index in [-0.39, 0.29) is 29.7 Å². The van der Waals surface area contributed by atoms with E-state index in [1.165, 1.54) is 95.2 Å². The van der Waals surface area contributed by atoms with Gasteiger partial charge in [0.05, 0.1) is 6.33 Å². The monoisotopic (exact) mass is 706 g/mol. The van der Waals surface area contributed by atoms with Gasteiger partial charge >= 0.3 is 11.9 Å². The van der Waals surface area contributed by atoms with Crippen LogP contribution in [0.3, 0.4) is 0 Å². The number of esters is 2. The number of imidazole rings is 1. The number of hydrogen-bond donors (Lipinski definition) is 0. The van der Waals surface area contributed by atoms with Crippen molar-refractivity contribution in [1.29, 1.82) is 0 Å². The van der Waals surface area contributed by atoms with Gasteiger partial charge in [0.15, 0.2) is 0 Å². The van der Waals surface area contributed by atoms with E-state index in [9.17, 15) is 14.4 Å². The second kappa shape index (κ2) is 32.9. The van der Waals surface area contributed by atoms with Crippen LogP contribution < -0.4 is 0 Å². The van der Waals surface area contributed by atoms with Crippen molar-refractivity contribution < 1.29 is 23.9 Å². The molecule has 0 spiro atoms. The Morgan fingerprint density at radius 1 is 0.735 bits per heavy atom. The fourth-order valence-corrected chi connectivity index (χ4v) is 6.58. The molecule has 1 unspecified atom stereocenters. The fraction of sp³-hybridized carbons (Fsp3) is 0.800. The number of thioether (sulfide) groups is 1. The lowest BCUT2D eigenvalue weighted by Crippen LogP contribution is -2.31. The van der Waals surface area contributed by atoms with Gasteiger partial charge in [0.2, 0.25) is 0 Å². The predicted molar refractivity (Wildman–Crippen MR) is 205 cm³/mol. The van der Waals surface area contributed by atoms with Gasteiger partial charge in [-0.25, -0.2) is 4.98 Å². The number of ether oxygens (including phenoxy) is 2. The van der Waals surface area contributed by atoms with Crippen molar-refractivity contribution in [3.05, 3.63) is 30.9 Å². The molecule has 0 N–H and O–H groups in total. The Morgan fingerprint density at radius 3 is 1.94 bits per heavy atom. The summed E-state index contributed by atoms with van der Waals surface area (Å²) in [5.74, 6) is 0.290. The molecular formula is C40H71N3O5S. The van der Waals surface area contributed by atoms with Gasteiger partial charge in [-0.3, -0.25) is 14.4 Å². The highest BCUT2D eigenvalue weighted by atomic mass is 32.2. The zero-order chi connectivity index (χ0) is 35.6. The van der Waals surface area contributed by atoms with Gasteiger partial charge in [-0.15, -0.1) is 0 Å². The van der Waals surface area contributed by atoms with Crippen LogP contribution in [0.1, 0.15) is 168 Å². The molecule has 282 valence electrons. The molecule has 1 heterocycles. The van der Waals surface area contributed by atoms with E-state index in [0.29, 0.717) is 44.7 Å². The Morgan fingerprint density at radius 2 is 1.33 bits per heavy atom. The summed E-state index contributed by atoms with van der Waals surface area (Å²) in [6.07, 6.45) is 33.1. The van der Waals surface area contributed by atoms with Gasteiger partial charge in [-0.1, -0.05) is 122 Å². The first kappa shape index (κ1) is 44.7. The zero-order valence-corrected chi connectivity index (χ0v) is 32.4. The minimum absolute atomic E-state index is 0.00796. The van der Waals surface area contributed by atoms with Gasteiger partial charge < -0.3 is 18.9 Å². The number of carbonyl (C=O) groups is 3. The van der Waals surface area contributed by atoms with Crippen molar-refractivity contribution in [3.8, 4) is 0 Å². The number of hydrogen-bond acceptors (Lipinski definition) is 7. The Hall–Kier alpha value is -2.29. The third-order valence-corrected chi connectivity index (χ3v) is 9.76. The quantitative estimate of drug-likeness (QED) is 0.0408. The molecule has 0 fully saturated rings. The van der Waals surface area contributed by atoms with Crippen LogP contribution in [0.15, 0.2) is 30.9 Å². The average Bonchev–Trinajstić information content (AvgIpc) is 3.62. The largest absolute Gasteiger partial charge is 0.462 e. The number of amides is 1. The van der Waals surface area contributed by atoms with Gasteiger partial charge in [0, 0.05) is 50.6 Å². The van der Waals surface area contributed by atoms with Gasteiger partial charge in [-0.05, 0) is 57.8 Å². The van der Waals surface area contributed by atoms with Crippen LogP contribution in [0.4, 0.5) is 4.79 Å². The lowest BCUT2D eigenvalue weighted by atomic mass is 10.0. The van der Waals surface area contributed by atoms with Crippen LogP contribution in [-0.2, 0) is 25.6 Å². The van der Waals surface area contributed by atoms with E-state index in [0.717, 1.165) is 45.1 Å². The first-order valence-electron chi connectivity index (χ1n) is 19.9. The van der Waals surface area contributed by atoms with Crippen LogP contribution >= 0.6 is 11.8 Å². The van der Waals surface area contributed by atoms with Gasteiger partial charge in [0.1, 0.15) is 12.7 Å². The molecule has 1 aromatic rings. The lowest BCUT2D eigenvalue weighted by molar-refractivity contribution is -0.150. The Kier molecular flexibility index (Phi) is 30.0. The molecule has 0 saturated heterocycles. The first-order chi connectivity index (χ1) is 24.0. The summed E-state index contributed by atoms with van der Waals surface area (Å²) < 4.78 is 13.4. The molecule has 1 amide bonds. The maximum Gasteiger partial charge on any atom is 0.306 e. The van der Waals surface area contributed by atoms with Crippen LogP contribution in [0.5, 0.6) is 0 Å². The fourth-order valence-electron chi connectivity index (χ4n) is 5.76. The van der Waals surface area contributed by atoms with Gasteiger partial charge in [0.25, 0.3) is 5.24 Å². The molecule has 9 heteroatoms. The molecule has 0 aliphatic heterocycles. The highest BCUT2D eigenvalue weighted by Crippen LogP contribution is 2.18. The third kappa shape index (κ3) is 27.2. The van der Waals surface area contributed by atoms with Crippen LogP contribution in [0.25, 0.3) is 0 Å². The third-order valence-electron chi connectivity index (χ3n) is 8.76. The topological polar surface area (TPSA) is 90.7 Å². The summed E-state index contributed by atoms with van der Waals surface area (Å²) in [4.78, 5) is 44.4. The highest BCUT2D eigenvalue weighted by Gasteiger charge is 2.18. The summed E-state index contributed by atoms with van der Waals surface area (Å²) >= 11 is 1.30. The Balaban J connectivity index is 2.54. The van der Waals surface area contributed by atoms with Gasteiger partial charge in [-0.2, -0.15) is 0 Å². The van der Waals surface area contributed by atoms with E-state index in [2.05, 4.69) is 31.8 Å². The SMILES string of the molecule is CCCCCC/C=C\COC(=O)CCCN(CCCC(=O)OC(CCCCCCC)CCCCCCCC)C(=O)SCCCn1ccnc1. The smallest absolute Gasteiger partial charge is 0.306 e. The lowest BCUT2D eigenvalue weighted by Gasteiger charge is -2.22. The number of carbonyl (C=O) groups excluding carboxylic acids is 3. The zero-order valence-electron chi connectivity index (χ0n) is 31.6. The average molecular weight is 706 g/mol. The van der Waals surface area contributed by atoms with E-state index in [1.807, 2.05) is 16.8 Å². The number of nitrogens with zero attached hydrogens (tertiary/aromatic N) is 3. The van der Waals surface area contributed by atoms with Crippen molar-refractivity contribution in [2.75, 3.05) is 25.4 Å². The van der Waals surface area contributed by atoms with Crippen LogP contribution in [-0.4, -0.2) is 63.2 Å². The van der Waals surface area contributed by atoms with Crippen molar-refractivity contribution in [2.24, 2.45) is 0 Å². The Bertz CT molecular complexity index is 956. The molecule has 1 aromatic heterocycles. The molecule has 0 radical (unpaired) electrons. The second-order valence-electron chi connectivity index (χ2n) is 13.3. The highest BCUT2D eigenvalue weighted by molar-refractivity contribution is 8.13. The van der Waals surface area contributed by atoms with E-state index >= 15 is 0 Å². The minimum Gasteiger partial charge on any atom is -0.462 e. The standard InChI is InChI=1S/C40H71N3O5S/c1-4-7-10-13-15-18-21-34-47-38(44)27-22-31-43(40(46)49-35-24-30-42-33-29-41-36-42)32-23-28-39(45)48-37(25-19-16-12-9-6-3)26-20-17-14-11-8-5-2/h18,21,29,33,36-37H,4-17,19-20,22-28,30-32,34-35H2,1-3H3/b21-18-. The normalized spacial score (nSPS) is 12.0. The van der Waals surface area contributed by atoms with E-state index in [1.54, 1.807) is 17.4 Å². The minimum atomic E-state index is -0.245. The second-order valence-corrected chi connectivity index (χ2v) is 14.4. The summed E-state index contributed by atoms with van der Waals surface area (Å²) in [7, 11) is 0. The Labute approximate surface area is 303 Å². The van der Waals surface area contributed by atoms with Crippen molar-refractivity contribution in [3.63, 3.8) is 0 Å². The molecular weight excluding hydrogens is 635 g/mol. The summed E-state index contributed by atoms with van der Waals surface area (Å²) in [6, 6.07) is 0. The van der Waals surface area contributed by atoms with Crippen LogP contribution in [0, 0.1) is 0 Å². The molecule has 49 heavy (non-hydrogen) atoms. The molecule has 0 saturated carbocycles. The van der Waals surface area contributed by atoms with Crippen molar-refractivity contribution in [2.45, 2.75) is 181 Å². The predicted octanol–water partition coefficient (Wildman–Crippen LogP) is 11.1. The molecule has 0 bridgehead atoms. The molecule has 0 aromatic carbocycles. The van der Waals surface area contributed by atoms with E-state index in [4.69, 9.17) is 9.47 Å². The number of rotatable bonds is 33. The summed E-state index contributed by atoms with van der Waals surface area (Å²) in [5, 5.41) is -0.00796. The molecule has 8 nitrogen and oxygen atoms in total.